The maximum absolute atomic E-state index is 13.5. The Balaban J connectivity index is 2.25. The van der Waals surface area contributed by atoms with E-state index in [0.717, 1.165) is 18.2 Å². The molecule has 6 heteroatoms. The number of benzene rings is 2. The lowest BCUT2D eigenvalue weighted by atomic mass is 10.2. The first-order valence-electron chi connectivity index (χ1n) is 5.18. The van der Waals surface area contributed by atoms with Gasteiger partial charge in [-0.05, 0) is 30.3 Å². The first kappa shape index (κ1) is 13.6. The Bertz CT molecular complexity index is 626. The van der Waals surface area contributed by atoms with Crippen molar-refractivity contribution in [3.8, 4) is 0 Å². The van der Waals surface area contributed by atoms with Crippen LogP contribution in [0.2, 0.25) is 0 Å². The minimum Gasteiger partial charge on any atom is -0.322 e. The quantitative estimate of drug-likeness (QED) is 0.882. The Labute approximate surface area is 115 Å². The molecular formula is C13H7BrF3NO. The monoisotopic (exact) mass is 329 g/mol. The van der Waals surface area contributed by atoms with Crippen LogP contribution in [0.25, 0.3) is 0 Å². The number of amides is 1. The van der Waals surface area contributed by atoms with Crippen LogP contribution in [-0.4, -0.2) is 5.91 Å². The zero-order chi connectivity index (χ0) is 14.0. The van der Waals surface area contributed by atoms with E-state index in [1.54, 1.807) is 0 Å². The standard InChI is InChI=1S/C13H7BrF3NO/c14-7-1-2-11(12(17)3-7)13(19)18-10-5-8(15)4-9(16)6-10/h1-6H,(H,18,19). The number of halogens is 4. The molecule has 0 saturated heterocycles. The molecule has 0 fully saturated rings. The molecule has 0 aliphatic rings. The molecule has 0 spiro atoms. The summed E-state index contributed by atoms with van der Waals surface area (Å²) in [4.78, 5) is 11.8. The molecule has 2 aromatic carbocycles. The van der Waals surface area contributed by atoms with Crippen molar-refractivity contribution in [3.63, 3.8) is 0 Å². The molecule has 0 bridgehead atoms. The molecule has 0 aromatic heterocycles. The van der Waals surface area contributed by atoms with Crippen LogP contribution in [0.4, 0.5) is 18.9 Å². The molecular weight excluding hydrogens is 323 g/mol. The fourth-order valence-electron chi connectivity index (χ4n) is 1.50. The first-order chi connectivity index (χ1) is 8.95. The van der Waals surface area contributed by atoms with Crippen LogP contribution in [0.1, 0.15) is 10.4 Å². The highest BCUT2D eigenvalue weighted by Gasteiger charge is 2.13. The fraction of sp³-hybridized carbons (Fsp3) is 0. The smallest absolute Gasteiger partial charge is 0.258 e. The van der Waals surface area contributed by atoms with Crippen LogP contribution in [-0.2, 0) is 0 Å². The Morgan fingerprint density at radius 1 is 1.00 bits per heavy atom. The van der Waals surface area contributed by atoms with Gasteiger partial charge in [0, 0.05) is 16.2 Å². The summed E-state index contributed by atoms with van der Waals surface area (Å²) in [5, 5.41) is 2.23. The van der Waals surface area contributed by atoms with E-state index >= 15 is 0 Å². The number of hydrogen-bond acceptors (Lipinski definition) is 1. The molecule has 0 atom stereocenters. The van der Waals surface area contributed by atoms with E-state index in [2.05, 4.69) is 21.2 Å². The van der Waals surface area contributed by atoms with Crippen molar-refractivity contribution in [1.29, 1.82) is 0 Å². The van der Waals surface area contributed by atoms with Gasteiger partial charge in [0.2, 0.25) is 0 Å². The van der Waals surface area contributed by atoms with Crippen LogP contribution < -0.4 is 5.32 Å². The number of rotatable bonds is 2. The van der Waals surface area contributed by atoms with Gasteiger partial charge in [0.1, 0.15) is 17.5 Å². The lowest BCUT2D eigenvalue weighted by molar-refractivity contribution is 0.102. The number of anilines is 1. The van der Waals surface area contributed by atoms with Gasteiger partial charge < -0.3 is 5.32 Å². The van der Waals surface area contributed by atoms with E-state index in [-0.39, 0.29) is 11.3 Å². The highest BCUT2D eigenvalue weighted by atomic mass is 79.9. The average molecular weight is 330 g/mol. The van der Waals surface area contributed by atoms with Crippen LogP contribution in [0.15, 0.2) is 40.9 Å². The third-order valence-corrected chi connectivity index (χ3v) is 2.79. The van der Waals surface area contributed by atoms with Crippen molar-refractivity contribution in [2.24, 2.45) is 0 Å². The number of carbonyl (C=O) groups excluding carboxylic acids is 1. The van der Waals surface area contributed by atoms with E-state index in [4.69, 9.17) is 0 Å². The van der Waals surface area contributed by atoms with Crippen LogP contribution in [0, 0.1) is 17.5 Å². The molecule has 0 unspecified atom stereocenters. The Kier molecular flexibility index (Phi) is 3.90. The van der Waals surface area contributed by atoms with Crippen molar-refractivity contribution in [2.75, 3.05) is 5.32 Å². The van der Waals surface area contributed by atoms with Crippen LogP contribution >= 0.6 is 15.9 Å². The van der Waals surface area contributed by atoms with Gasteiger partial charge in [-0.15, -0.1) is 0 Å². The molecule has 2 rings (SSSR count). The van der Waals surface area contributed by atoms with E-state index in [1.807, 2.05) is 0 Å². The van der Waals surface area contributed by atoms with E-state index in [9.17, 15) is 18.0 Å². The zero-order valence-electron chi connectivity index (χ0n) is 9.38. The topological polar surface area (TPSA) is 29.1 Å². The second-order valence-corrected chi connectivity index (χ2v) is 4.65. The molecule has 1 amide bonds. The summed E-state index contributed by atoms with van der Waals surface area (Å²) in [6.07, 6.45) is 0. The van der Waals surface area contributed by atoms with E-state index in [0.29, 0.717) is 10.5 Å². The Hall–Kier alpha value is -1.82. The van der Waals surface area contributed by atoms with Gasteiger partial charge >= 0.3 is 0 Å². The lowest BCUT2D eigenvalue weighted by Crippen LogP contribution is -2.14. The van der Waals surface area contributed by atoms with E-state index < -0.39 is 23.4 Å². The summed E-state index contributed by atoms with van der Waals surface area (Å²) in [5.74, 6) is -3.17. The Morgan fingerprint density at radius 3 is 2.21 bits per heavy atom. The highest BCUT2D eigenvalue weighted by Crippen LogP contribution is 2.18. The number of carbonyl (C=O) groups is 1. The fourth-order valence-corrected chi connectivity index (χ4v) is 1.83. The molecule has 19 heavy (non-hydrogen) atoms. The lowest BCUT2D eigenvalue weighted by Gasteiger charge is -2.06. The minimum absolute atomic E-state index is 0.0789. The summed E-state index contributed by atoms with van der Waals surface area (Å²) in [6.45, 7) is 0. The first-order valence-corrected chi connectivity index (χ1v) is 5.97. The number of nitrogens with one attached hydrogen (secondary N) is 1. The number of hydrogen-bond donors (Lipinski definition) is 1. The normalized spacial score (nSPS) is 10.3. The van der Waals surface area contributed by atoms with Crippen molar-refractivity contribution in [1.82, 2.24) is 0 Å². The van der Waals surface area contributed by atoms with Gasteiger partial charge in [0.25, 0.3) is 5.91 Å². The zero-order valence-corrected chi connectivity index (χ0v) is 11.0. The summed E-state index contributed by atoms with van der Waals surface area (Å²) in [7, 11) is 0. The maximum atomic E-state index is 13.5. The van der Waals surface area contributed by atoms with Gasteiger partial charge in [-0.2, -0.15) is 0 Å². The predicted octanol–water partition coefficient (Wildman–Crippen LogP) is 4.12. The van der Waals surface area contributed by atoms with Gasteiger partial charge in [-0.1, -0.05) is 15.9 Å². The molecule has 0 radical (unpaired) electrons. The maximum Gasteiger partial charge on any atom is 0.258 e. The Morgan fingerprint density at radius 2 is 1.63 bits per heavy atom. The van der Waals surface area contributed by atoms with Crippen molar-refractivity contribution in [2.45, 2.75) is 0 Å². The van der Waals surface area contributed by atoms with Gasteiger partial charge in [-0.25, -0.2) is 13.2 Å². The molecule has 98 valence electrons. The third kappa shape index (κ3) is 3.35. The summed E-state index contributed by atoms with van der Waals surface area (Å²) >= 11 is 3.06. The largest absolute Gasteiger partial charge is 0.322 e. The SMILES string of the molecule is O=C(Nc1cc(F)cc(F)c1)c1ccc(Br)cc1F. The van der Waals surface area contributed by atoms with Crippen LogP contribution in [0.5, 0.6) is 0 Å². The molecule has 0 saturated carbocycles. The minimum atomic E-state index is -0.827. The van der Waals surface area contributed by atoms with Gasteiger partial charge in [-0.3, -0.25) is 4.79 Å². The molecule has 0 heterocycles. The summed E-state index contributed by atoms with van der Waals surface area (Å²) in [6, 6.07) is 6.45. The molecule has 2 nitrogen and oxygen atoms in total. The molecule has 1 N–H and O–H groups in total. The van der Waals surface area contributed by atoms with Gasteiger partial charge in [0.15, 0.2) is 0 Å². The second-order valence-electron chi connectivity index (χ2n) is 3.74. The second kappa shape index (κ2) is 5.44. The average Bonchev–Trinajstić information content (AvgIpc) is 2.26. The summed E-state index contributed by atoms with van der Waals surface area (Å²) < 4.78 is 39.9. The molecule has 2 aromatic rings. The molecule has 0 aliphatic heterocycles. The van der Waals surface area contributed by atoms with Crippen molar-refractivity contribution >= 4 is 27.5 Å². The molecule has 0 aliphatic carbocycles. The van der Waals surface area contributed by atoms with Crippen molar-refractivity contribution in [3.05, 3.63) is 63.9 Å². The third-order valence-electron chi connectivity index (χ3n) is 2.30. The van der Waals surface area contributed by atoms with Crippen molar-refractivity contribution < 1.29 is 18.0 Å². The predicted molar refractivity (Wildman–Crippen MR) is 68.4 cm³/mol. The summed E-state index contributed by atoms with van der Waals surface area (Å²) in [5.41, 5.74) is -0.294. The van der Waals surface area contributed by atoms with Gasteiger partial charge in [0.05, 0.1) is 5.56 Å². The highest BCUT2D eigenvalue weighted by molar-refractivity contribution is 9.10. The van der Waals surface area contributed by atoms with Crippen LogP contribution in [0.3, 0.4) is 0 Å². The van der Waals surface area contributed by atoms with E-state index in [1.165, 1.54) is 12.1 Å².